The van der Waals surface area contributed by atoms with Gasteiger partial charge in [-0.15, -0.1) is 12.2 Å². The van der Waals surface area contributed by atoms with Crippen LogP contribution in [0.1, 0.15) is 12.8 Å². The van der Waals surface area contributed by atoms with Crippen LogP contribution < -0.4 is 0 Å². The van der Waals surface area contributed by atoms with Crippen molar-refractivity contribution in [2.24, 2.45) is 0 Å². The second-order valence-corrected chi connectivity index (χ2v) is 2.89. The second-order valence-electron chi connectivity index (χ2n) is 2.89. The molecule has 68 valence electrons. The Bertz CT molecular complexity index is 244. The van der Waals surface area contributed by atoms with E-state index < -0.39 is 0 Å². The molecule has 0 radical (unpaired) electrons. The molecule has 2 heteroatoms. The molecule has 0 nitrogen and oxygen atoms in total. The summed E-state index contributed by atoms with van der Waals surface area (Å²) in [4.78, 5) is 0. The van der Waals surface area contributed by atoms with Crippen molar-refractivity contribution in [1.82, 2.24) is 0 Å². The predicted octanol–water partition coefficient (Wildman–Crippen LogP) is 3.11. The summed E-state index contributed by atoms with van der Waals surface area (Å²) in [6.45, 7) is 0. The topological polar surface area (TPSA) is 0 Å². The molecule has 0 saturated carbocycles. The quantitative estimate of drug-likeness (QED) is 0.486. The monoisotopic (exact) mass is 211 g/mol. The minimum Gasteiger partial charge on any atom is -0.269 e. The molecule has 0 spiro atoms. The van der Waals surface area contributed by atoms with Crippen LogP contribution in [0.15, 0.2) is 47.6 Å². The Balaban J connectivity index is 0.000000720. The summed E-state index contributed by atoms with van der Waals surface area (Å²) < 4.78 is 0. The molecule has 0 unspecified atom stereocenters. The van der Waals surface area contributed by atoms with Gasteiger partial charge in [-0.3, -0.25) is 4.70 Å². The van der Waals surface area contributed by atoms with Crippen LogP contribution >= 0.6 is 0 Å². The van der Waals surface area contributed by atoms with E-state index in [4.69, 9.17) is 0 Å². The van der Waals surface area contributed by atoms with Crippen LogP contribution in [0.3, 0.4) is 0 Å². The van der Waals surface area contributed by atoms with E-state index in [-0.39, 0.29) is 26.4 Å². The summed E-state index contributed by atoms with van der Waals surface area (Å²) in [5.41, 5.74) is 2.86. The van der Waals surface area contributed by atoms with Gasteiger partial charge in [0.15, 0.2) is 0 Å². The van der Waals surface area contributed by atoms with Crippen LogP contribution in [-0.4, -0.2) is 0 Å². The maximum atomic E-state index is 2.28. The number of hydrogen-bond acceptors (Lipinski definition) is 0. The third kappa shape index (κ3) is 3.37. The molecular weight excluding hydrogens is 199 g/mol. The maximum absolute atomic E-state index is 2.28. The van der Waals surface area contributed by atoms with Gasteiger partial charge >= 0.3 is 0 Å². The molecule has 0 atom stereocenters. The van der Waals surface area contributed by atoms with Crippen molar-refractivity contribution < 1.29 is 26.4 Å². The van der Waals surface area contributed by atoms with Gasteiger partial charge in [0, 0.05) is 21.7 Å². The van der Waals surface area contributed by atoms with Crippen LogP contribution in [-0.2, 0) is 21.7 Å². The third-order valence-corrected chi connectivity index (χ3v) is 1.97. The Labute approximate surface area is 93.4 Å². The van der Waals surface area contributed by atoms with E-state index in [1.54, 1.807) is 0 Å². The summed E-state index contributed by atoms with van der Waals surface area (Å²) in [6, 6.07) is 0. The summed E-state index contributed by atoms with van der Waals surface area (Å²) >= 11 is 0. The van der Waals surface area contributed by atoms with E-state index >= 15 is 0 Å². The molecule has 0 amide bonds. The molecule has 0 fully saturated rings. The molecular formula is C11H12FTi-. The van der Waals surface area contributed by atoms with Crippen LogP contribution in [0.4, 0.5) is 4.70 Å². The van der Waals surface area contributed by atoms with Gasteiger partial charge < -0.3 is 0 Å². The van der Waals surface area contributed by atoms with Gasteiger partial charge in [0.2, 0.25) is 0 Å². The first-order valence-corrected chi connectivity index (χ1v) is 4.01. The molecule has 2 rings (SSSR count). The first kappa shape index (κ1) is 12.5. The summed E-state index contributed by atoms with van der Waals surface area (Å²) in [5, 5.41) is 0. The Hall–Kier alpha value is -0.526. The maximum Gasteiger partial charge on any atom is 0 e. The van der Waals surface area contributed by atoms with Crippen molar-refractivity contribution in [1.29, 1.82) is 0 Å². The van der Waals surface area contributed by atoms with Gasteiger partial charge in [0.05, 0.1) is 0 Å². The zero-order chi connectivity index (χ0) is 7.52. The van der Waals surface area contributed by atoms with Gasteiger partial charge in [0.1, 0.15) is 0 Å². The van der Waals surface area contributed by atoms with Gasteiger partial charge in [-0.25, -0.2) is 0 Å². The summed E-state index contributed by atoms with van der Waals surface area (Å²) in [7, 11) is 0. The molecule has 0 bridgehead atoms. The van der Waals surface area contributed by atoms with Crippen molar-refractivity contribution >= 4 is 0 Å². The van der Waals surface area contributed by atoms with Crippen LogP contribution in [0, 0.1) is 6.42 Å². The van der Waals surface area contributed by atoms with Crippen molar-refractivity contribution in [2.75, 3.05) is 0 Å². The van der Waals surface area contributed by atoms with E-state index in [9.17, 15) is 0 Å². The molecule has 0 aromatic heterocycles. The Morgan fingerprint density at radius 1 is 0.923 bits per heavy atom. The first-order chi connectivity index (χ1) is 5.45. The van der Waals surface area contributed by atoms with E-state index in [1.165, 1.54) is 11.1 Å². The molecule has 0 aromatic carbocycles. The van der Waals surface area contributed by atoms with Crippen LogP contribution in [0.5, 0.6) is 0 Å². The zero-order valence-corrected chi connectivity index (χ0v) is 8.93. The van der Waals surface area contributed by atoms with Crippen molar-refractivity contribution in [3.63, 3.8) is 0 Å². The molecule has 0 N–H and O–H groups in total. The number of rotatable bonds is 2. The fourth-order valence-corrected chi connectivity index (χ4v) is 1.38. The largest absolute Gasteiger partial charge is 0.269 e. The van der Waals surface area contributed by atoms with E-state index in [0.717, 1.165) is 12.8 Å². The molecule has 0 heterocycles. The Kier molecular flexibility index (Phi) is 5.77. The van der Waals surface area contributed by atoms with Gasteiger partial charge in [-0.05, 0) is 12.8 Å². The van der Waals surface area contributed by atoms with Gasteiger partial charge in [-0.1, -0.05) is 12.2 Å². The summed E-state index contributed by atoms with van der Waals surface area (Å²) in [6.07, 6.45) is 17.5. The minimum absolute atomic E-state index is 0. The van der Waals surface area contributed by atoms with Gasteiger partial charge in [-0.2, -0.15) is 29.7 Å². The average molecular weight is 211 g/mol. The normalized spacial score (nSPS) is 17.2. The van der Waals surface area contributed by atoms with Crippen LogP contribution in [0.25, 0.3) is 0 Å². The van der Waals surface area contributed by atoms with Crippen molar-refractivity contribution in [3.8, 4) is 0 Å². The standard InChI is InChI=1S/C11H11.FH.Ti/c1-2-6-10(5-1)9-11-7-3-4-8-11;;/h1-5,7,9H,6,8H2;1H;/q-1;;. The smallest absolute Gasteiger partial charge is 0 e. The van der Waals surface area contributed by atoms with E-state index in [1.807, 2.05) is 0 Å². The fourth-order valence-electron chi connectivity index (χ4n) is 1.38. The number of hydrogen-bond donors (Lipinski definition) is 0. The third-order valence-electron chi connectivity index (χ3n) is 1.97. The SMILES string of the molecule is C1=CCC([CH-]C2=CC=CC2)=C1.F.[Ti]. The van der Waals surface area contributed by atoms with Gasteiger partial charge in [0.25, 0.3) is 0 Å². The summed E-state index contributed by atoms with van der Waals surface area (Å²) in [5.74, 6) is 0. The van der Waals surface area contributed by atoms with E-state index in [2.05, 4.69) is 42.9 Å². The first-order valence-electron chi connectivity index (χ1n) is 4.01. The van der Waals surface area contributed by atoms with Crippen molar-refractivity contribution in [2.45, 2.75) is 12.8 Å². The Morgan fingerprint density at radius 2 is 1.38 bits per heavy atom. The molecule has 0 aromatic rings. The molecule has 2 aliphatic rings. The van der Waals surface area contributed by atoms with Crippen molar-refractivity contribution in [3.05, 3.63) is 54.0 Å². The van der Waals surface area contributed by atoms with E-state index in [0.29, 0.717) is 0 Å². The second kappa shape index (κ2) is 6.01. The molecule has 13 heavy (non-hydrogen) atoms. The Morgan fingerprint density at radius 3 is 1.69 bits per heavy atom. The van der Waals surface area contributed by atoms with Crippen LogP contribution in [0.2, 0.25) is 0 Å². The molecule has 0 aliphatic heterocycles. The minimum atomic E-state index is 0. The zero-order valence-electron chi connectivity index (χ0n) is 7.36. The average Bonchev–Trinajstić information content (AvgIpc) is 2.60. The predicted molar refractivity (Wildman–Crippen MR) is 50.5 cm³/mol. The number of halogens is 1. The fraction of sp³-hybridized carbons (Fsp3) is 0.182. The number of allylic oxidation sites excluding steroid dienone is 8. The molecule has 0 saturated heterocycles. The molecule has 2 aliphatic carbocycles.